The van der Waals surface area contributed by atoms with Gasteiger partial charge in [-0.3, -0.25) is 4.79 Å². The highest BCUT2D eigenvalue weighted by Gasteiger charge is 2.32. The number of phenols is 1. The number of likely N-dealkylation sites (tertiary alicyclic amines) is 1. The van der Waals surface area contributed by atoms with Gasteiger partial charge in [0.1, 0.15) is 17.1 Å². The van der Waals surface area contributed by atoms with Crippen LogP contribution in [-0.2, 0) is 0 Å². The Morgan fingerprint density at radius 1 is 1.42 bits per heavy atom. The lowest BCUT2D eigenvalue weighted by Crippen LogP contribution is -2.51. The van der Waals surface area contributed by atoms with Crippen LogP contribution in [0, 0.1) is 5.82 Å². The topological polar surface area (TPSA) is 52.6 Å². The summed E-state index contributed by atoms with van der Waals surface area (Å²) < 4.78 is 13.7. The molecule has 0 unspecified atom stereocenters. The molecule has 0 spiro atoms. The maximum atomic E-state index is 13.7. The van der Waals surface area contributed by atoms with Crippen LogP contribution in [0.2, 0.25) is 0 Å². The first kappa shape index (κ1) is 13.8. The molecule has 2 N–H and O–H groups in total. The van der Waals surface area contributed by atoms with Gasteiger partial charge in [0.05, 0.1) is 0 Å². The number of nitrogens with one attached hydrogen (secondary N) is 1. The van der Waals surface area contributed by atoms with Gasteiger partial charge >= 0.3 is 0 Å². The van der Waals surface area contributed by atoms with Crippen LogP contribution in [0.1, 0.15) is 30.1 Å². The van der Waals surface area contributed by atoms with Crippen LogP contribution < -0.4 is 5.32 Å². The summed E-state index contributed by atoms with van der Waals surface area (Å²) in [4.78, 5) is 13.8. The Morgan fingerprint density at radius 3 is 2.58 bits per heavy atom. The predicted octanol–water partition coefficient (Wildman–Crippen LogP) is 1.75. The van der Waals surface area contributed by atoms with E-state index in [-0.39, 0.29) is 16.9 Å². The van der Waals surface area contributed by atoms with E-state index in [1.807, 2.05) is 7.05 Å². The van der Waals surface area contributed by atoms with Crippen LogP contribution in [-0.4, -0.2) is 41.6 Å². The molecule has 2 rings (SSSR count). The lowest BCUT2D eigenvalue weighted by Gasteiger charge is -2.39. The number of piperidine rings is 1. The number of hydrogen-bond acceptors (Lipinski definition) is 3. The zero-order chi connectivity index (χ0) is 14.0. The SMILES string of the molecule is CNC1(C)CCN(C(=O)c2c(O)cccc2F)CC1. The minimum atomic E-state index is -0.674. The number of carbonyl (C=O) groups excluding carboxylic acids is 1. The molecule has 1 saturated heterocycles. The van der Waals surface area contributed by atoms with Crippen molar-refractivity contribution in [3.05, 3.63) is 29.6 Å². The first-order chi connectivity index (χ1) is 8.97. The molecule has 104 valence electrons. The van der Waals surface area contributed by atoms with Crippen molar-refractivity contribution in [1.82, 2.24) is 10.2 Å². The first-order valence-electron chi connectivity index (χ1n) is 6.42. The van der Waals surface area contributed by atoms with Crippen LogP contribution in [0.5, 0.6) is 5.75 Å². The van der Waals surface area contributed by atoms with Crippen molar-refractivity contribution in [2.45, 2.75) is 25.3 Å². The van der Waals surface area contributed by atoms with E-state index in [9.17, 15) is 14.3 Å². The molecule has 1 aromatic carbocycles. The van der Waals surface area contributed by atoms with Crippen molar-refractivity contribution in [3.8, 4) is 5.75 Å². The second-order valence-electron chi connectivity index (χ2n) is 5.24. The van der Waals surface area contributed by atoms with E-state index in [2.05, 4.69) is 12.2 Å². The molecule has 0 saturated carbocycles. The normalized spacial score (nSPS) is 18.4. The lowest BCUT2D eigenvalue weighted by molar-refractivity contribution is 0.0654. The van der Waals surface area contributed by atoms with Gasteiger partial charge in [-0.05, 0) is 38.9 Å². The van der Waals surface area contributed by atoms with Crippen molar-refractivity contribution < 1.29 is 14.3 Å². The Morgan fingerprint density at radius 2 is 2.05 bits per heavy atom. The molecule has 1 fully saturated rings. The molecule has 4 nitrogen and oxygen atoms in total. The minimum Gasteiger partial charge on any atom is -0.507 e. The third kappa shape index (κ3) is 2.71. The van der Waals surface area contributed by atoms with Crippen LogP contribution in [0.15, 0.2) is 18.2 Å². The van der Waals surface area contributed by atoms with Crippen LogP contribution in [0.25, 0.3) is 0 Å². The summed E-state index contributed by atoms with van der Waals surface area (Å²) in [7, 11) is 1.90. The molecule has 1 aliphatic heterocycles. The molecule has 0 atom stereocenters. The number of halogens is 1. The van der Waals surface area contributed by atoms with Gasteiger partial charge in [-0.15, -0.1) is 0 Å². The Bertz CT molecular complexity index is 462. The average molecular weight is 266 g/mol. The summed E-state index contributed by atoms with van der Waals surface area (Å²) in [5.74, 6) is -1.41. The first-order valence-corrected chi connectivity index (χ1v) is 6.42. The van der Waals surface area contributed by atoms with Crippen LogP contribution in [0.3, 0.4) is 0 Å². The van der Waals surface area contributed by atoms with Gasteiger partial charge in [0.2, 0.25) is 0 Å². The van der Waals surface area contributed by atoms with E-state index in [1.54, 1.807) is 4.90 Å². The number of rotatable bonds is 2. The van der Waals surface area contributed by atoms with E-state index < -0.39 is 11.7 Å². The fourth-order valence-corrected chi connectivity index (χ4v) is 2.34. The zero-order valence-electron chi connectivity index (χ0n) is 11.2. The summed E-state index contributed by atoms with van der Waals surface area (Å²) in [6, 6.07) is 3.91. The maximum Gasteiger partial charge on any atom is 0.260 e. The van der Waals surface area contributed by atoms with Gasteiger partial charge in [0.15, 0.2) is 0 Å². The molecule has 0 bridgehead atoms. The Balaban J connectivity index is 2.14. The highest BCUT2D eigenvalue weighted by molar-refractivity contribution is 5.97. The summed E-state index contributed by atoms with van der Waals surface area (Å²) in [6.07, 6.45) is 1.62. The van der Waals surface area contributed by atoms with Gasteiger partial charge in [-0.2, -0.15) is 0 Å². The van der Waals surface area contributed by atoms with Crippen molar-refractivity contribution in [2.75, 3.05) is 20.1 Å². The van der Waals surface area contributed by atoms with Crippen LogP contribution >= 0.6 is 0 Å². The average Bonchev–Trinajstić information content (AvgIpc) is 2.39. The Hall–Kier alpha value is -1.62. The van der Waals surface area contributed by atoms with Crippen molar-refractivity contribution in [2.24, 2.45) is 0 Å². The van der Waals surface area contributed by atoms with E-state index in [1.165, 1.54) is 18.2 Å². The second-order valence-corrected chi connectivity index (χ2v) is 5.24. The van der Waals surface area contributed by atoms with Crippen molar-refractivity contribution in [3.63, 3.8) is 0 Å². The van der Waals surface area contributed by atoms with E-state index in [4.69, 9.17) is 0 Å². The molecule has 1 aliphatic rings. The minimum absolute atomic E-state index is 0.0219. The van der Waals surface area contributed by atoms with Gasteiger partial charge < -0.3 is 15.3 Å². The van der Waals surface area contributed by atoms with E-state index >= 15 is 0 Å². The molecule has 0 aliphatic carbocycles. The molecular formula is C14H19FN2O2. The van der Waals surface area contributed by atoms with Gasteiger partial charge in [0, 0.05) is 18.6 Å². The van der Waals surface area contributed by atoms with Crippen molar-refractivity contribution in [1.29, 1.82) is 0 Å². The van der Waals surface area contributed by atoms with Crippen LogP contribution in [0.4, 0.5) is 4.39 Å². The number of aromatic hydroxyl groups is 1. The fourth-order valence-electron chi connectivity index (χ4n) is 2.34. The number of hydrogen-bond donors (Lipinski definition) is 2. The van der Waals surface area contributed by atoms with Gasteiger partial charge in [-0.25, -0.2) is 4.39 Å². The highest BCUT2D eigenvalue weighted by Crippen LogP contribution is 2.26. The number of benzene rings is 1. The molecule has 1 amide bonds. The third-order valence-corrected chi connectivity index (χ3v) is 3.96. The standard InChI is InChI=1S/C14H19FN2O2/c1-14(16-2)6-8-17(9-7-14)13(19)12-10(15)4-3-5-11(12)18/h3-5,16,18H,6-9H2,1-2H3. The molecule has 5 heteroatoms. The smallest absolute Gasteiger partial charge is 0.260 e. The van der Waals surface area contributed by atoms with E-state index in [0.717, 1.165) is 12.8 Å². The summed E-state index contributed by atoms with van der Waals surface area (Å²) in [5, 5.41) is 12.9. The fraction of sp³-hybridized carbons (Fsp3) is 0.500. The largest absolute Gasteiger partial charge is 0.507 e. The molecule has 0 radical (unpaired) electrons. The van der Waals surface area contributed by atoms with Gasteiger partial charge in [0.25, 0.3) is 5.91 Å². The molecule has 1 heterocycles. The number of nitrogens with zero attached hydrogens (tertiary/aromatic N) is 1. The third-order valence-electron chi connectivity index (χ3n) is 3.96. The predicted molar refractivity (Wildman–Crippen MR) is 70.7 cm³/mol. The number of amides is 1. The molecular weight excluding hydrogens is 247 g/mol. The zero-order valence-corrected chi connectivity index (χ0v) is 11.2. The van der Waals surface area contributed by atoms with Crippen molar-refractivity contribution >= 4 is 5.91 Å². The summed E-state index contributed by atoms with van der Waals surface area (Å²) >= 11 is 0. The second kappa shape index (κ2) is 5.17. The lowest BCUT2D eigenvalue weighted by atomic mass is 9.89. The quantitative estimate of drug-likeness (QED) is 0.857. The molecule has 19 heavy (non-hydrogen) atoms. The summed E-state index contributed by atoms with van der Waals surface area (Å²) in [6.45, 7) is 3.23. The Labute approximate surface area is 112 Å². The number of carbonyl (C=O) groups is 1. The molecule has 0 aromatic heterocycles. The highest BCUT2D eigenvalue weighted by atomic mass is 19.1. The Kier molecular flexibility index (Phi) is 3.75. The summed E-state index contributed by atoms with van der Waals surface area (Å²) in [5.41, 5.74) is -0.204. The van der Waals surface area contributed by atoms with E-state index in [0.29, 0.717) is 13.1 Å². The molecule has 1 aromatic rings. The number of phenolic OH excluding ortho intramolecular Hbond substituents is 1. The maximum absolute atomic E-state index is 13.7. The van der Waals surface area contributed by atoms with Gasteiger partial charge in [-0.1, -0.05) is 6.07 Å². The monoisotopic (exact) mass is 266 g/mol.